The van der Waals surface area contributed by atoms with Crippen LogP contribution in [0.4, 0.5) is 17.1 Å². The fraction of sp³-hybridized carbons (Fsp3) is 0.222. The van der Waals surface area contributed by atoms with E-state index in [1.54, 1.807) is 79.8 Å². The number of para-hydroxylation sites is 2. The minimum atomic E-state index is -2.40. The highest BCUT2D eigenvalue weighted by Gasteiger charge is 2.63. The maximum absolute atomic E-state index is 14.0. The highest BCUT2D eigenvalue weighted by atomic mass is 16.2. The van der Waals surface area contributed by atoms with Crippen LogP contribution in [0.25, 0.3) is 0 Å². The fourth-order valence-electron chi connectivity index (χ4n) is 5.39. The number of carbonyl (C=O) groups is 4. The molecule has 4 amide bonds. The Balaban J connectivity index is 1.60. The number of aromatic nitrogens is 1. The van der Waals surface area contributed by atoms with E-state index in [4.69, 9.17) is 2.74 Å². The van der Waals surface area contributed by atoms with Crippen molar-refractivity contribution >= 4 is 40.7 Å². The number of nitrogens with zero attached hydrogens (tertiary/aromatic N) is 4. The topological polar surface area (TPSA) is 90.9 Å². The number of hydrogen-bond donors (Lipinski definition) is 0. The number of amides is 4. The average Bonchev–Trinajstić information content (AvgIpc) is 3.31. The lowest BCUT2D eigenvalue weighted by atomic mass is 9.76. The Morgan fingerprint density at radius 2 is 1.31 bits per heavy atom. The lowest BCUT2D eigenvalue weighted by Gasteiger charge is -2.35. The van der Waals surface area contributed by atoms with Crippen molar-refractivity contribution in [1.82, 2.24) is 4.98 Å². The van der Waals surface area contributed by atoms with E-state index in [2.05, 4.69) is 4.98 Å². The van der Waals surface area contributed by atoms with Gasteiger partial charge in [0.25, 0.3) is 5.91 Å². The lowest BCUT2D eigenvalue weighted by Crippen LogP contribution is -2.48. The molecule has 4 unspecified atom stereocenters. The van der Waals surface area contributed by atoms with Gasteiger partial charge in [-0.2, -0.15) is 0 Å². The molecule has 4 heterocycles. The van der Waals surface area contributed by atoms with E-state index in [9.17, 15) is 19.2 Å². The number of imide groups is 2. The molecule has 0 spiro atoms. The Kier molecular flexibility index (Phi) is 4.28. The maximum atomic E-state index is 14.0. The first-order valence-electron chi connectivity index (χ1n) is 12.3. The van der Waals surface area contributed by atoms with Gasteiger partial charge >= 0.3 is 0 Å². The Hall–Kier alpha value is -4.33. The normalized spacial score (nSPS) is 28.1. The summed E-state index contributed by atoms with van der Waals surface area (Å²) in [6.07, 6.45) is -0.993. The number of hydrogen-bond acceptors (Lipinski definition) is 6. The van der Waals surface area contributed by atoms with Crippen molar-refractivity contribution in [3.8, 4) is 0 Å². The van der Waals surface area contributed by atoms with Crippen LogP contribution in [0.15, 0.2) is 79.0 Å². The third-order valence-corrected chi connectivity index (χ3v) is 6.96. The number of carbonyl (C=O) groups excluding carboxylic acids is 4. The van der Waals surface area contributed by atoms with Crippen molar-refractivity contribution in [3.05, 3.63) is 84.7 Å². The molecule has 0 radical (unpaired) electrons. The van der Waals surface area contributed by atoms with Gasteiger partial charge in [-0.15, -0.1) is 0 Å². The Morgan fingerprint density at radius 1 is 0.743 bits per heavy atom. The van der Waals surface area contributed by atoms with Gasteiger partial charge in [-0.25, -0.2) is 4.90 Å². The van der Waals surface area contributed by atoms with Crippen LogP contribution in [0.2, 0.25) is 0 Å². The van der Waals surface area contributed by atoms with E-state index in [0.29, 0.717) is 5.69 Å². The van der Waals surface area contributed by atoms with Crippen LogP contribution in [0.3, 0.4) is 0 Å². The van der Waals surface area contributed by atoms with Crippen molar-refractivity contribution in [2.24, 2.45) is 17.8 Å². The smallest absolute Gasteiger partial charge is 0.257 e. The molecule has 6 rings (SSSR count). The summed E-state index contributed by atoms with van der Waals surface area (Å²) in [5, 5.41) is 0. The number of pyridine rings is 1. The summed E-state index contributed by atoms with van der Waals surface area (Å²) in [7, 11) is 1.59. The van der Waals surface area contributed by atoms with Gasteiger partial charge in [-0.05, 0) is 36.4 Å². The highest BCUT2D eigenvalue weighted by Crippen LogP contribution is 2.46. The predicted molar refractivity (Wildman–Crippen MR) is 128 cm³/mol. The molecular weight excluding hydrogens is 444 g/mol. The standard InChI is InChI=1S/C27H22N4O4/c1-29-20-13-8-14-28-19(20)15-18-21(25(33)30(24(18)32)16-9-4-2-5-10-16)22-23(29)27(35)31(26(22)34)17-11-6-3-7-12-17/h2-14,18,21-23H,15H2,1H3/i15D2. The molecule has 8 heteroatoms. The molecule has 2 aromatic carbocycles. The molecule has 0 saturated carbocycles. The molecule has 3 aliphatic rings. The molecule has 2 saturated heterocycles. The SMILES string of the molecule is [2H]C1([2H])c2ncccc2N(C)C2C(=O)N(c3ccccc3)C(=O)C2C2C(=O)N(c3ccccc3)C(=O)C21. The second kappa shape index (κ2) is 7.87. The van der Waals surface area contributed by atoms with Gasteiger partial charge in [0.15, 0.2) is 0 Å². The van der Waals surface area contributed by atoms with E-state index in [0.717, 1.165) is 9.80 Å². The number of benzene rings is 2. The molecule has 1 aromatic heterocycles. The minimum absolute atomic E-state index is 0.0552. The third-order valence-electron chi connectivity index (χ3n) is 6.96. The first kappa shape index (κ1) is 19.0. The second-order valence-electron chi connectivity index (χ2n) is 8.80. The number of fused-ring (bicyclic) bond motifs is 4. The number of rotatable bonds is 2. The summed E-state index contributed by atoms with van der Waals surface area (Å²) < 4.78 is 18.2. The van der Waals surface area contributed by atoms with E-state index in [1.165, 1.54) is 11.1 Å². The summed E-state index contributed by atoms with van der Waals surface area (Å²) in [6.45, 7) is 0. The minimum Gasteiger partial charge on any atom is -0.360 e. The van der Waals surface area contributed by atoms with Crippen molar-refractivity contribution in [2.45, 2.75) is 12.4 Å². The summed E-state index contributed by atoms with van der Waals surface area (Å²) in [5.41, 5.74) is 0.860. The molecular formula is C27H22N4O4. The zero-order valence-electron chi connectivity index (χ0n) is 20.7. The molecule has 174 valence electrons. The molecule has 0 bridgehead atoms. The van der Waals surface area contributed by atoms with Gasteiger partial charge in [0, 0.05) is 22.4 Å². The zero-order valence-corrected chi connectivity index (χ0v) is 18.7. The van der Waals surface area contributed by atoms with Crippen molar-refractivity contribution in [3.63, 3.8) is 0 Å². The largest absolute Gasteiger partial charge is 0.360 e. The van der Waals surface area contributed by atoms with Crippen LogP contribution in [0.5, 0.6) is 0 Å². The first-order chi connectivity index (χ1) is 17.7. The number of likely N-dealkylation sites (N-methyl/N-ethyl adjacent to an activating group) is 1. The second-order valence-corrected chi connectivity index (χ2v) is 8.80. The maximum Gasteiger partial charge on any atom is 0.257 e. The Bertz CT molecular complexity index is 1450. The number of anilines is 3. The Labute approximate surface area is 204 Å². The monoisotopic (exact) mass is 468 g/mol. The lowest BCUT2D eigenvalue weighted by molar-refractivity contribution is -0.130. The van der Waals surface area contributed by atoms with Gasteiger partial charge < -0.3 is 4.90 Å². The van der Waals surface area contributed by atoms with Crippen LogP contribution in [-0.4, -0.2) is 41.7 Å². The zero-order chi connectivity index (χ0) is 26.1. The summed E-state index contributed by atoms with van der Waals surface area (Å²) >= 11 is 0. The molecule has 4 atom stereocenters. The molecule has 3 aliphatic heterocycles. The molecule has 3 aromatic rings. The highest BCUT2D eigenvalue weighted by molar-refractivity contribution is 6.28. The quantitative estimate of drug-likeness (QED) is 0.537. The third kappa shape index (κ3) is 3.02. The predicted octanol–water partition coefficient (Wildman–Crippen LogP) is 2.44. The summed E-state index contributed by atoms with van der Waals surface area (Å²) in [6, 6.07) is 18.7. The molecule has 35 heavy (non-hydrogen) atoms. The summed E-state index contributed by atoms with van der Waals surface area (Å²) in [4.78, 5) is 63.5. The van der Waals surface area contributed by atoms with Gasteiger partial charge in [-0.3, -0.25) is 29.1 Å². The van der Waals surface area contributed by atoms with E-state index in [-0.39, 0.29) is 17.1 Å². The Morgan fingerprint density at radius 3 is 1.94 bits per heavy atom. The van der Waals surface area contributed by atoms with Gasteiger partial charge in [-0.1, -0.05) is 36.4 Å². The van der Waals surface area contributed by atoms with Gasteiger partial charge in [0.2, 0.25) is 17.7 Å². The van der Waals surface area contributed by atoms with Crippen molar-refractivity contribution in [2.75, 3.05) is 21.7 Å². The molecule has 0 aliphatic carbocycles. The van der Waals surface area contributed by atoms with E-state index in [1.807, 2.05) is 0 Å². The average molecular weight is 469 g/mol. The van der Waals surface area contributed by atoms with Crippen LogP contribution >= 0.6 is 0 Å². The summed E-state index contributed by atoms with van der Waals surface area (Å²) in [5.74, 6) is -6.89. The molecule has 8 nitrogen and oxygen atoms in total. The van der Waals surface area contributed by atoms with E-state index >= 15 is 0 Å². The first-order valence-corrected chi connectivity index (χ1v) is 11.3. The molecule has 0 N–H and O–H groups in total. The molecule has 2 fully saturated rings. The van der Waals surface area contributed by atoms with Crippen LogP contribution in [0, 0.1) is 17.8 Å². The fourth-order valence-corrected chi connectivity index (χ4v) is 5.39. The van der Waals surface area contributed by atoms with Crippen molar-refractivity contribution in [1.29, 1.82) is 0 Å². The van der Waals surface area contributed by atoms with Crippen LogP contribution < -0.4 is 14.7 Å². The van der Waals surface area contributed by atoms with Gasteiger partial charge in [0.05, 0.1) is 40.5 Å². The van der Waals surface area contributed by atoms with Crippen LogP contribution in [0.1, 0.15) is 8.44 Å². The van der Waals surface area contributed by atoms with Gasteiger partial charge in [0.1, 0.15) is 6.04 Å². The van der Waals surface area contributed by atoms with Crippen molar-refractivity contribution < 1.29 is 21.9 Å². The van der Waals surface area contributed by atoms with E-state index < -0.39 is 53.8 Å². The van der Waals surface area contributed by atoms with Crippen LogP contribution in [-0.2, 0) is 25.6 Å².